The van der Waals surface area contributed by atoms with Crippen molar-refractivity contribution in [3.8, 4) is 17.4 Å². The number of pyridine rings is 1. The van der Waals surface area contributed by atoms with Gasteiger partial charge in [0.05, 0.1) is 11.1 Å². The van der Waals surface area contributed by atoms with E-state index in [0.29, 0.717) is 50.5 Å². The van der Waals surface area contributed by atoms with Crippen LogP contribution >= 0.6 is 15.9 Å². The summed E-state index contributed by atoms with van der Waals surface area (Å²) in [7, 11) is -0.738. The molecule has 3 heterocycles. The minimum atomic E-state index is -1.23. The number of aromatic nitrogens is 5. The quantitative estimate of drug-likeness (QED) is 0.129. The number of halogens is 1. The zero-order valence-electron chi connectivity index (χ0n) is 26.7. The molecular weight excluding hydrogens is 630 g/mol. The first kappa shape index (κ1) is 31.8. The lowest BCUT2D eigenvalue weighted by molar-refractivity contribution is 0.0756. The summed E-state index contributed by atoms with van der Waals surface area (Å²) in [4.78, 5) is 10.0. The maximum absolute atomic E-state index is 6.29. The predicted molar refractivity (Wildman–Crippen MR) is 176 cm³/mol. The van der Waals surface area contributed by atoms with E-state index in [1.807, 2.05) is 6.07 Å². The van der Waals surface area contributed by atoms with Crippen molar-refractivity contribution in [2.24, 2.45) is 11.3 Å². The highest BCUT2D eigenvalue weighted by Crippen LogP contribution is 2.60. The molecule has 3 aromatic heterocycles. The fourth-order valence-corrected chi connectivity index (χ4v) is 7.53. The molecule has 2 aliphatic carbocycles. The molecule has 1 saturated carbocycles. The molecule has 0 aliphatic heterocycles. The standard InChI is InChI=1S/C30H48BrN5O4Si2/c1-30-17-21(30)15-22-25(18-30)36(20-39-12-14-42(6,7)8)34-26(22)28-32-24-16-23(31)29(40-10-9-37-2)33-27(24)35(28)19-38-11-13-41(3,4)5/h16,21H,9-15,17-20H2,1-8H3/t21-,30-/m1/s1. The van der Waals surface area contributed by atoms with E-state index in [9.17, 15) is 0 Å². The Morgan fingerprint density at radius 2 is 1.67 bits per heavy atom. The highest BCUT2D eigenvalue weighted by atomic mass is 79.9. The number of imidazole rings is 1. The van der Waals surface area contributed by atoms with E-state index in [1.165, 1.54) is 17.7 Å². The Hall–Kier alpha value is -1.58. The van der Waals surface area contributed by atoms with Gasteiger partial charge in [0, 0.05) is 47.7 Å². The average molecular weight is 679 g/mol. The first-order chi connectivity index (χ1) is 19.8. The summed E-state index contributed by atoms with van der Waals surface area (Å²) in [5, 5.41) is 5.19. The first-order valence-corrected chi connectivity index (χ1v) is 23.4. The van der Waals surface area contributed by atoms with E-state index in [1.54, 1.807) is 7.11 Å². The van der Waals surface area contributed by atoms with Gasteiger partial charge in [-0.15, -0.1) is 0 Å². The number of ether oxygens (including phenoxy) is 4. The van der Waals surface area contributed by atoms with Crippen LogP contribution in [-0.2, 0) is 40.5 Å². The van der Waals surface area contributed by atoms with E-state index in [-0.39, 0.29) is 0 Å². The van der Waals surface area contributed by atoms with Crippen LogP contribution in [0.25, 0.3) is 22.7 Å². The Balaban J connectivity index is 1.52. The van der Waals surface area contributed by atoms with Gasteiger partial charge in [0.25, 0.3) is 0 Å². The number of methoxy groups -OCH3 is 1. The van der Waals surface area contributed by atoms with Crippen molar-refractivity contribution in [2.75, 3.05) is 33.5 Å². The predicted octanol–water partition coefficient (Wildman–Crippen LogP) is 6.83. The van der Waals surface area contributed by atoms with Crippen LogP contribution < -0.4 is 4.74 Å². The van der Waals surface area contributed by atoms with Gasteiger partial charge in [-0.2, -0.15) is 10.1 Å². The maximum Gasteiger partial charge on any atom is 0.230 e. The number of fused-ring (bicyclic) bond motifs is 3. The second kappa shape index (κ2) is 12.4. The van der Waals surface area contributed by atoms with Gasteiger partial charge < -0.3 is 18.9 Å². The van der Waals surface area contributed by atoms with Crippen molar-refractivity contribution in [3.63, 3.8) is 0 Å². The summed E-state index contributed by atoms with van der Waals surface area (Å²) in [6.07, 6.45) is 3.33. The molecule has 0 amide bonds. The van der Waals surface area contributed by atoms with Crippen molar-refractivity contribution in [2.45, 2.75) is 91.0 Å². The molecular formula is C30H48BrN5O4Si2. The smallest absolute Gasteiger partial charge is 0.230 e. The summed E-state index contributed by atoms with van der Waals surface area (Å²) in [5.41, 5.74) is 5.42. The topological polar surface area (TPSA) is 85.5 Å². The van der Waals surface area contributed by atoms with Crippen LogP contribution in [-0.4, -0.2) is 74.0 Å². The van der Waals surface area contributed by atoms with Crippen molar-refractivity contribution in [1.29, 1.82) is 0 Å². The normalized spacial score (nSPS) is 20.2. The minimum absolute atomic E-state index is 0.359. The highest BCUT2D eigenvalue weighted by Gasteiger charge is 2.54. The third kappa shape index (κ3) is 7.37. The molecule has 9 nitrogen and oxygen atoms in total. The number of rotatable bonds is 15. The van der Waals surface area contributed by atoms with Gasteiger partial charge in [0.2, 0.25) is 5.88 Å². The second-order valence-electron chi connectivity index (χ2n) is 14.7. The van der Waals surface area contributed by atoms with Crippen molar-refractivity contribution >= 4 is 43.2 Å². The lowest BCUT2D eigenvalue weighted by Gasteiger charge is -2.20. The average Bonchev–Trinajstić information content (AvgIpc) is 3.27. The molecule has 5 rings (SSSR count). The molecule has 3 aromatic rings. The van der Waals surface area contributed by atoms with Crippen molar-refractivity contribution in [3.05, 3.63) is 21.8 Å². The number of nitrogens with zero attached hydrogens (tertiary/aromatic N) is 5. The van der Waals surface area contributed by atoms with Crippen LogP contribution in [0.4, 0.5) is 0 Å². The minimum Gasteiger partial charge on any atom is -0.474 e. The van der Waals surface area contributed by atoms with Crippen LogP contribution in [0.2, 0.25) is 51.4 Å². The van der Waals surface area contributed by atoms with Gasteiger partial charge in [-0.3, -0.25) is 4.57 Å². The van der Waals surface area contributed by atoms with Gasteiger partial charge in [0.15, 0.2) is 11.5 Å². The zero-order valence-corrected chi connectivity index (χ0v) is 30.3. The maximum atomic E-state index is 6.29. The number of hydrogen-bond donors (Lipinski definition) is 0. The van der Waals surface area contributed by atoms with E-state index >= 15 is 0 Å². The Kier molecular flexibility index (Phi) is 9.42. The van der Waals surface area contributed by atoms with Gasteiger partial charge in [-0.1, -0.05) is 46.2 Å². The fourth-order valence-electron chi connectivity index (χ4n) is 5.60. The van der Waals surface area contributed by atoms with Crippen LogP contribution in [0.1, 0.15) is 24.6 Å². The number of hydrogen-bond acceptors (Lipinski definition) is 7. The molecule has 42 heavy (non-hydrogen) atoms. The van der Waals surface area contributed by atoms with Crippen LogP contribution in [0.5, 0.6) is 5.88 Å². The largest absolute Gasteiger partial charge is 0.474 e. The Labute approximate surface area is 260 Å². The molecule has 2 atom stereocenters. The Morgan fingerprint density at radius 3 is 2.33 bits per heavy atom. The zero-order chi connectivity index (χ0) is 30.3. The lowest BCUT2D eigenvalue weighted by atomic mass is 9.87. The second-order valence-corrected chi connectivity index (χ2v) is 26.8. The molecule has 0 aromatic carbocycles. The molecule has 2 aliphatic rings. The third-order valence-corrected chi connectivity index (χ3v) is 12.5. The molecule has 12 heteroatoms. The monoisotopic (exact) mass is 677 g/mol. The summed E-state index contributed by atoms with van der Waals surface area (Å²) in [6.45, 7) is 19.9. The Morgan fingerprint density at radius 1 is 0.976 bits per heavy atom. The van der Waals surface area contributed by atoms with E-state index in [0.717, 1.165) is 58.7 Å². The molecule has 0 radical (unpaired) electrons. The summed E-state index contributed by atoms with van der Waals surface area (Å²) in [5.74, 6) is 2.02. The first-order valence-electron chi connectivity index (χ1n) is 15.2. The van der Waals surface area contributed by atoms with Crippen molar-refractivity contribution < 1.29 is 18.9 Å². The van der Waals surface area contributed by atoms with Gasteiger partial charge in [-0.25, -0.2) is 9.67 Å². The molecule has 0 unspecified atom stereocenters. The van der Waals surface area contributed by atoms with E-state index < -0.39 is 16.1 Å². The summed E-state index contributed by atoms with van der Waals surface area (Å²) >= 11 is 3.64. The lowest BCUT2D eigenvalue weighted by Crippen LogP contribution is -2.23. The SMILES string of the molecule is COCCOc1nc2c(cc1Br)nc(-c1nn(COCC[Si](C)(C)C)c3c1C[C@@H]1C[C@]1(C)C3)n2COCC[Si](C)(C)C. The molecule has 0 bridgehead atoms. The van der Waals surface area contributed by atoms with Crippen LogP contribution in [0.15, 0.2) is 10.5 Å². The molecule has 232 valence electrons. The van der Waals surface area contributed by atoms with Gasteiger partial charge in [0.1, 0.15) is 31.3 Å². The van der Waals surface area contributed by atoms with Gasteiger partial charge >= 0.3 is 0 Å². The fraction of sp³-hybridized carbons (Fsp3) is 0.700. The summed E-state index contributed by atoms with van der Waals surface area (Å²) < 4.78 is 28.6. The molecule has 0 saturated heterocycles. The van der Waals surface area contributed by atoms with E-state index in [4.69, 9.17) is 34.0 Å². The van der Waals surface area contributed by atoms with Crippen molar-refractivity contribution in [1.82, 2.24) is 24.3 Å². The Bertz CT molecular complexity index is 1410. The van der Waals surface area contributed by atoms with Gasteiger partial charge in [-0.05, 0) is 64.7 Å². The van der Waals surface area contributed by atoms with Crippen LogP contribution in [0, 0.1) is 11.3 Å². The molecule has 0 N–H and O–H groups in total. The highest BCUT2D eigenvalue weighted by molar-refractivity contribution is 9.10. The van der Waals surface area contributed by atoms with Crippen LogP contribution in [0.3, 0.4) is 0 Å². The summed E-state index contributed by atoms with van der Waals surface area (Å²) in [6, 6.07) is 4.22. The van der Waals surface area contributed by atoms with E-state index in [2.05, 4.69) is 71.4 Å². The molecule has 1 fully saturated rings. The molecule has 0 spiro atoms. The third-order valence-electron chi connectivity index (χ3n) is 8.53.